The number of rotatable bonds is 8. The summed E-state index contributed by atoms with van der Waals surface area (Å²) >= 11 is 6.15. The molecule has 1 aromatic carbocycles. The lowest BCUT2D eigenvalue weighted by Crippen LogP contribution is -2.32. The summed E-state index contributed by atoms with van der Waals surface area (Å²) in [5.74, 6) is 0. The quantitative estimate of drug-likeness (QED) is 0.744. The van der Waals surface area contributed by atoms with Crippen LogP contribution in [0.2, 0.25) is 5.02 Å². The van der Waals surface area contributed by atoms with Crippen LogP contribution in [0.4, 0.5) is 0 Å². The molecule has 0 fully saturated rings. The summed E-state index contributed by atoms with van der Waals surface area (Å²) in [6.07, 6.45) is 2.10. The van der Waals surface area contributed by atoms with E-state index in [1.807, 2.05) is 6.07 Å². The van der Waals surface area contributed by atoms with Crippen LogP contribution in [-0.2, 0) is 15.9 Å². The number of ether oxygens (including phenoxy) is 2. The van der Waals surface area contributed by atoms with Crippen LogP contribution in [0.25, 0.3) is 0 Å². The smallest absolute Gasteiger partial charge is 0.0700 e. The van der Waals surface area contributed by atoms with Crippen molar-refractivity contribution in [2.24, 2.45) is 5.41 Å². The van der Waals surface area contributed by atoms with Gasteiger partial charge in [-0.05, 0) is 48.1 Å². The fourth-order valence-electron chi connectivity index (χ4n) is 3.06. The Morgan fingerprint density at radius 1 is 1.29 bits per heavy atom. The Bertz CT molecular complexity index is 462. The molecule has 0 bridgehead atoms. The second-order valence-corrected chi connectivity index (χ2v) is 6.79. The fraction of sp³-hybridized carbons (Fsp3) is 0.647. The van der Waals surface area contributed by atoms with Crippen LogP contribution in [0.5, 0.6) is 0 Å². The molecule has 0 saturated heterocycles. The number of fused-ring (bicyclic) bond motifs is 1. The van der Waals surface area contributed by atoms with Crippen molar-refractivity contribution in [3.8, 4) is 0 Å². The van der Waals surface area contributed by atoms with Crippen molar-refractivity contribution in [2.45, 2.75) is 32.7 Å². The number of methoxy groups -OCH3 is 1. The molecular formula is C17H26ClNO2. The van der Waals surface area contributed by atoms with Gasteiger partial charge in [0.15, 0.2) is 0 Å². The lowest BCUT2D eigenvalue weighted by molar-refractivity contribution is 0.0687. The molecule has 2 rings (SSSR count). The molecule has 0 spiro atoms. The molecular weight excluding hydrogens is 286 g/mol. The average molecular weight is 312 g/mol. The molecule has 0 heterocycles. The molecule has 0 radical (unpaired) electrons. The molecule has 0 aliphatic heterocycles. The van der Waals surface area contributed by atoms with E-state index in [2.05, 4.69) is 31.3 Å². The number of halogens is 1. The summed E-state index contributed by atoms with van der Waals surface area (Å²) in [5.41, 5.74) is 3.00. The first kappa shape index (κ1) is 16.8. The third-order valence-corrected chi connectivity index (χ3v) is 4.33. The first-order valence-corrected chi connectivity index (χ1v) is 8.01. The van der Waals surface area contributed by atoms with Crippen LogP contribution >= 0.6 is 11.6 Å². The van der Waals surface area contributed by atoms with Crippen molar-refractivity contribution >= 4 is 11.6 Å². The predicted molar refractivity (Wildman–Crippen MR) is 87.0 cm³/mol. The van der Waals surface area contributed by atoms with Crippen molar-refractivity contribution in [2.75, 3.05) is 33.5 Å². The summed E-state index contributed by atoms with van der Waals surface area (Å²) in [5, 5.41) is 4.50. The standard InChI is InChI=1S/C17H26ClNO2/c1-17(2)12-13-5-6-14(18)11-15(13)16(17)19-7-4-8-21-10-9-20-3/h5-6,11,16,19H,4,7-10,12H2,1-3H3. The van der Waals surface area contributed by atoms with Crippen LogP contribution < -0.4 is 5.32 Å². The Balaban J connectivity index is 1.83. The average Bonchev–Trinajstić information content (AvgIpc) is 2.68. The van der Waals surface area contributed by atoms with Gasteiger partial charge in [0.25, 0.3) is 0 Å². The maximum absolute atomic E-state index is 6.15. The van der Waals surface area contributed by atoms with Gasteiger partial charge in [0.05, 0.1) is 13.2 Å². The minimum atomic E-state index is 0.226. The van der Waals surface area contributed by atoms with E-state index in [4.69, 9.17) is 21.1 Å². The van der Waals surface area contributed by atoms with Crippen molar-refractivity contribution in [1.29, 1.82) is 0 Å². The van der Waals surface area contributed by atoms with E-state index in [0.29, 0.717) is 19.3 Å². The number of benzene rings is 1. The molecule has 1 aromatic rings. The molecule has 3 nitrogen and oxygen atoms in total. The summed E-state index contributed by atoms with van der Waals surface area (Å²) < 4.78 is 10.4. The van der Waals surface area contributed by atoms with Gasteiger partial charge in [-0.1, -0.05) is 31.5 Å². The largest absolute Gasteiger partial charge is 0.382 e. The summed E-state index contributed by atoms with van der Waals surface area (Å²) in [7, 11) is 1.69. The Kier molecular flexibility index (Phi) is 6.06. The molecule has 1 aliphatic carbocycles. The van der Waals surface area contributed by atoms with Gasteiger partial charge < -0.3 is 14.8 Å². The van der Waals surface area contributed by atoms with E-state index in [9.17, 15) is 0 Å². The van der Waals surface area contributed by atoms with Gasteiger partial charge in [0, 0.05) is 24.8 Å². The van der Waals surface area contributed by atoms with E-state index >= 15 is 0 Å². The van der Waals surface area contributed by atoms with Crippen LogP contribution in [-0.4, -0.2) is 33.5 Å². The second-order valence-electron chi connectivity index (χ2n) is 6.35. The van der Waals surface area contributed by atoms with Crippen molar-refractivity contribution in [3.05, 3.63) is 34.3 Å². The number of hydrogen-bond acceptors (Lipinski definition) is 3. The first-order chi connectivity index (χ1) is 10.0. The van der Waals surface area contributed by atoms with E-state index in [0.717, 1.165) is 31.0 Å². The van der Waals surface area contributed by atoms with E-state index in [1.165, 1.54) is 11.1 Å². The SMILES string of the molecule is COCCOCCCNC1c2cc(Cl)ccc2CC1(C)C. The maximum atomic E-state index is 6.15. The molecule has 0 saturated carbocycles. The Labute approximate surface area is 133 Å². The normalized spacial score (nSPS) is 19.7. The van der Waals surface area contributed by atoms with Crippen molar-refractivity contribution in [1.82, 2.24) is 5.32 Å². The van der Waals surface area contributed by atoms with E-state index in [-0.39, 0.29) is 5.41 Å². The summed E-state index contributed by atoms with van der Waals surface area (Å²) in [6.45, 7) is 7.68. The van der Waals surface area contributed by atoms with Crippen LogP contribution in [0.15, 0.2) is 18.2 Å². The van der Waals surface area contributed by atoms with Gasteiger partial charge in [-0.25, -0.2) is 0 Å². The lowest BCUT2D eigenvalue weighted by atomic mass is 9.85. The van der Waals surface area contributed by atoms with E-state index < -0.39 is 0 Å². The fourth-order valence-corrected chi connectivity index (χ4v) is 3.24. The molecule has 1 unspecified atom stereocenters. The van der Waals surface area contributed by atoms with Gasteiger partial charge in [-0.3, -0.25) is 0 Å². The number of hydrogen-bond donors (Lipinski definition) is 1. The van der Waals surface area contributed by atoms with Crippen molar-refractivity contribution < 1.29 is 9.47 Å². The molecule has 118 valence electrons. The van der Waals surface area contributed by atoms with Crippen molar-refractivity contribution in [3.63, 3.8) is 0 Å². The van der Waals surface area contributed by atoms with Crippen LogP contribution in [0.1, 0.15) is 37.4 Å². The molecule has 1 N–H and O–H groups in total. The number of nitrogens with one attached hydrogen (secondary N) is 1. The second kappa shape index (κ2) is 7.59. The monoisotopic (exact) mass is 311 g/mol. The third-order valence-electron chi connectivity index (χ3n) is 4.09. The molecule has 0 aromatic heterocycles. The van der Waals surface area contributed by atoms with Crippen LogP contribution in [0, 0.1) is 5.41 Å². The minimum absolute atomic E-state index is 0.226. The highest BCUT2D eigenvalue weighted by Gasteiger charge is 2.38. The zero-order valence-electron chi connectivity index (χ0n) is 13.2. The Hall–Kier alpha value is -0.610. The molecule has 1 atom stereocenters. The van der Waals surface area contributed by atoms with Gasteiger partial charge >= 0.3 is 0 Å². The zero-order chi connectivity index (χ0) is 15.3. The maximum Gasteiger partial charge on any atom is 0.0700 e. The van der Waals surface area contributed by atoms with Gasteiger partial charge in [-0.2, -0.15) is 0 Å². The van der Waals surface area contributed by atoms with Gasteiger partial charge in [0.1, 0.15) is 0 Å². The highest BCUT2D eigenvalue weighted by atomic mass is 35.5. The summed E-state index contributed by atoms with van der Waals surface area (Å²) in [4.78, 5) is 0. The minimum Gasteiger partial charge on any atom is -0.382 e. The summed E-state index contributed by atoms with van der Waals surface area (Å²) in [6, 6.07) is 6.63. The van der Waals surface area contributed by atoms with Gasteiger partial charge in [0.2, 0.25) is 0 Å². The van der Waals surface area contributed by atoms with Gasteiger partial charge in [-0.15, -0.1) is 0 Å². The Morgan fingerprint density at radius 3 is 2.86 bits per heavy atom. The van der Waals surface area contributed by atoms with E-state index in [1.54, 1.807) is 7.11 Å². The topological polar surface area (TPSA) is 30.5 Å². The Morgan fingerprint density at radius 2 is 2.10 bits per heavy atom. The van der Waals surface area contributed by atoms with Crippen LogP contribution in [0.3, 0.4) is 0 Å². The molecule has 1 aliphatic rings. The lowest BCUT2D eigenvalue weighted by Gasteiger charge is -2.28. The predicted octanol–water partition coefficient (Wildman–Crippen LogP) is 3.61. The zero-order valence-corrected chi connectivity index (χ0v) is 14.0. The highest BCUT2D eigenvalue weighted by molar-refractivity contribution is 6.30. The molecule has 4 heteroatoms. The third kappa shape index (κ3) is 4.43. The molecule has 21 heavy (non-hydrogen) atoms. The molecule has 0 amide bonds. The highest BCUT2D eigenvalue weighted by Crippen LogP contribution is 2.45. The first-order valence-electron chi connectivity index (χ1n) is 7.63.